The van der Waals surface area contributed by atoms with Crippen LogP contribution in [0.15, 0.2) is 60.7 Å². The molecule has 0 radical (unpaired) electrons. The normalized spacial score (nSPS) is 16.6. The maximum atomic E-state index is 13.0. The molecule has 4 rings (SSSR count). The summed E-state index contributed by atoms with van der Waals surface area (Å²) in [6.07, 6.45) is 0.209. The molecule has 40 heavy (non-hydrogen) atoms. The van der Waals surface area contributed by atoms with Gasteiger partial charge in [0.05, 0.1) is 5.69 Å². The molecule has 2 aromatic carbocycles. The Hall–Kier alpha value is -4.54. The predicted molar refractivity (Wildman–Crippen MR) is 141 cm³/mol. The number of hydrogen-bond acceptors (Lipinski definition) is 7. The first kappa shape index (κ1) is 28.5. The Morgan fingerprint density at radius 2 is 1.85 bits per heavy atom. The zero-order valence-electron chi connectivity index (χ0n) is 22.2. The molecule has 0 saturated carbocycles. The van der Waals surface area contributed by atoms with E-state index in [4.69, 9.17) is 4.74 Å². The number of nitrogens with zero attached hydrogens (tertiary/aromatic N) is 3. The minimum absolute atomic E-state index is 0.178. The average molecular weight is 554 g/mol. The number of amides is 2. The fourth-order valence-corrected chi connectivity index (χ4v) is 4.61. The molecule has 0 spiro atoms. The Labute approximate surface area is 229 Å². The maximum Gasteiger partial charge on any atom is 0.387 e. The molecule has 1 saturated heterocycles. The SMILES string of the molecule is CC(=O)N1C[C@H](c2ccc(OC(F)F)c(O)c2)C[C@@H]1C(=O)OCc1cccc(C(=O)N(C)c2ccc(C)cc2)n1. The highest BCUT2D eigenvalue weighted by Gasteiger charge is 2.40. The van der Waals surface area contributed by atoms with Crippen molar-refractivity contribution < 1.29 is 37.7 Å². The predicted octanol–water partition coefficient (Wildman–Crippen LogP) is 4.42. The number of rotatable bonds is 8. The van der Waals surface area contributed by atoms with Crippen LogP contribution in [0.3, 0.4) is 0 Å². The number of phenolic OH excluding ortho intramolecular Hbond substituents is 1. The van der Waals surface area contributed by atoms with Crippen molar-refractivity contribution in [3.63, 3.8) is 0 Å². The number of esters is 1. The lowest BCUT2D eigenvalue weighted by Gasteiger charge is -2.21. The fourth-order valence-electron chi connectivity index (χ4n) is 4.61. The van der Waals surface area contributed by atoms with Crippen LogP contribution in [0.5, 0.6) is 11.5 Å². The summed E-state index contributed by atoms with van der Waals surface area (Å²) in [7, 11) is 1.65. The molecule has 0 aliphatic carbocycles. The highest BCUT2D eigenvalue weighted by atomic mass is 19.3. The summed E-state index contributed by atoms with van der Waals surface area (Å²) in [5.41, 5.74) is 2.88. The number of hydrogen-bond donors (Lipinski definition) is 1. The smallest absolute Gasteiger partial charge is 0.387 e. The molecule has 2 amide bonds. The summed E-state index contributed by atoms with van der Waals surface area (Å²) < 4.78 is 34.8. The fraction of sp³-hybridized carbons (Fsp3) is 0.310. The van der Waals surface area contributed by atoms with E-state index in [1.54, 1.807) is 25.2 Å². The van der Waals surface area contributed by atoms with Crippen LogP contribution in [0.4, 0.5) is 14.5 Å². The number of halogens is 2. The van der Waals surface area contributed by atoms with E-state index >= 15 is 0 Å². The average Bonchev–Trinajstić information content (AvgIpc) is 3.39. The third-order valence-corrected chi connectivity index (χ3v) is 6.76. The number of phenols is 1. The van der Waals surface area contributed by atoms with Crippen molar-refractivity contribution in [2.24, 2.45) is 0 Å². The summed E-state index contributed by atoms with van der Waals surface area (Å²) >= 11 is 0. The number of aromatic nitrogens is 1. The van der Waals surface area contributed by atoms with Crippen molar-refractivity contribution in [1.82, 2.24) is 9.88 Å². The van der Waals surface area contributed by atoms with Crippen molar-refractivity contribution >= 4 is 23.5 Å². The second-order valence-corrected chi connectivity index (χ2v) is 9.55. The Morgan fingerprint density at radius 3 is 2.50 bits per heavy atom. The van der Waals surface area contributed by atoms with Crippen LogP contribution < -0.4 is 9.64 Å². The van der Waals surface area contributed by atoms with E-state index < -0.39 is 24.4 Å². The number of aromatic hydroxyl groups is 1. The van der Waals surface area contributed by atoms with E-state index in [2.05, 4.69) is 9.72 Å². The van der Waals surface area contributed by atoms with Gasteiger partial charge in [-0.05, 0) is 55.3 Å². The zero-order chi connectivity index (χ0) is 29.0. The molecule has 2 heterocycles. The van der Waals surface area contributed by atoms with E-state index in [0.717, 1.165) is 5.56 Å². The molecule has 3 aromatic rings. The van der Waals surface area contributed by atoms with Crippen LogP contribution in [0.1, 0.15) is 46.6 Å². The molecule has 11 heteroatoms. The van der Waals surface area contributed by atoms with Gasteiger partial charge >= 0.3 is 12.6 Å². The van der Waals surface area contributed by atoms with E-state index in [1.807, 2.05) is 31.2 Å². The van der Waals surface area contributed by atoms with Crippen molar-refractivity contribution in [1.29, 1.82) is 0 Å². The lowest BCUT2D eigenvalue weighted by molar-refractivity contribution is -0.154. The topological polar surface area (TPSA) is 109 Å². The van der Waals surface area contributed by atoms with Crippen molar-refractivity contribution in [3.05, 3.63) is 83.2 Å². The number of ether oxygens (including phenoxy) is 2. The second-order valence-electron chi connectivity index (χ2n) is 9.55. The molecule has 1 aliphatic heterocycles. The molecule has 2 atom stereocenters. The number of benzene rings is 2. The summed E-state index contributed by atoms with van der Waals surface area (Å²) in [6, 6.07) is 15.4. The monoisotopic (exact) mass is 553 g/mol. The Bertz CT molecular complexity index is 1400. The standard InChI is InChI=1S/C29H29F2N3O6/c1-17-7-10-22(11-8-17)33(3)27(37)23-6-4-5-21(32-23)16-39-28(38)24-13-20(15-34(24)18(2)35)19-9-12-26(25(36)14-19)40-29(30)31/h4-12,14,20,24,29,36H,13,15-16H2,1-3H3/t20-,24-/m1/s1. The minimum Gasteiger partial charge on any atom is -0.504 e. The molecule has 1 aromatic heterocycles. The first-order chi connectivity index (χ1) is 19.0. The van der Waals surface area contributed by atoms with Crippen LogP contribution >= 0.6 is 0 Å². The zero-order valence-corrected chi connectivity index (χ0v) is 22.2. The highest BCUT2D eigenvalue weighted by Crippen LogP contribution is 2.37. The van der Waals surface area contributed by atoms with E-state index in [9.17, 15) is 28.3 Å². The Balaban J connectivity index is 1.42. The molecule has 9 nitrogen and oxygen atoms in total. The van der Waals surface area contributed by atoms with Crippen molar-refractivity contribution in [2.45, 2.75) is 45.4 Å². The Morgan fingerprint density at radius 1 is 1.12 bits per heavy atom. The van der Waals surface area contributed by atoms with Crippen LogP contribution in [0, 0.1) is 6.92 Å². The maximum absolute atomic E-state index is 13.0. The number of pyridine rings is 1. The highest BCUT2D eigenvalue weighted by molar-refractivity contribution is 6.04. The number of carbonyl (C=O) groups is 3. The van der Waals surface area contributed by atoms with Gasteiger partial charge in [0.25, 0.3) is 5.91 Å². The van der Waals surface area contributed by atoms with Gasteiger partial charge in [0, 0.05) is 32.1 Å². The number of anilines is 1. The van der Waals surface area contributed by atoms with E-state index in [0.29, 0.717) is 16.9 Å². The van der Waals surface area contributed by atoms with Gasteiger partial charge in [-0.2, -0.15) is 8.78 Å². The van der Waals surface area contributed by atoms with Gasteiger partial charge in [0.15, 0.2) is 11.5 Å². The lowest BCUT2D eigenvalue weighted by atomic mass is 9.96. The number of likely N-dealkylation sites (tertiary alicyclic amines) is 1. The third kappa shape index (κ3) is 6.53. The molecule has 1 N–H and O–H groups in total. The summed E-state index contributed by atoms with van der Waals surface area (Å²) in [5, 5.41) is 10.1. The van der Waals surface area contributed by atoms with Gasteiger partial charge in [-0.1, -0.05) is 29.8 Å². The van der Waals surface area contributed by atoms with Gasteiger partial charge in [-0.3, -0.25) is 9.59 Å². The molecule has 1 aliphatic rings. The Kier molecular flexibility index (Phi) is 8.61. The van der Waals surface area contributed by atoms with Crippen molar-refractivity contribution in [2.75, 3.05) is 18.5 Å². The molecule has 210 valence electrons. The molecular weight excluding hydrogens is 524 g/mol. The van der Waals surface area contributed by atoms with Crippen LogP contribution in [0.2, 0.25) is 0 Å². The molecule has 1 fully saturated rings. The van der Waals surface area contributed by atoms with Gasteiger partial charge in [0.1, 0.15) is 18.3 Å². The van der Waals surface area contributed by atoms with Gasteiger partial charge in [-0.25, -0.2) is 9.78 Å². The summed E-state index contributed by atoms with van der Waals surface area (Å²) in [5.74, 6) is -2.48. The first-order valence-corrected chi connectivity index (χ1v) is 12.6. The summed E-state index contributed by atoms with van der Waals surface area (Å²) in [4.78, 5) is 45.5. The quantitative estimate of drug-likeness (QED) is 0.411. The second kappa shape index (κ2) is 12.1. The van der Waals surface area contributed by atoms with Gasteiger partial charge < -0.3 is 24.4 Å². The number of aryl methyl sites for hydroxylation is 1. The molecule has 0 bridgehead atoms. The van der Waals surface area contributed by atoms with Crippen molar-refractivity contribution in [3.8, 4) is 11.5 Å². The van der Waals surface area contributed by atoms with Crippen LogP contribution in [-0.4, -0.2) is 59.0 Å². The van der Waals surface area contributed by atoms with E-state index in [1.165, 1.54) is 34.9 Å². The number of alkyl halides is 2. The van der Waals surface area contributed by atoms with Gasteiger partial charge in [-0.15, -0.1) is 0 Å². The largest absolute Gasteiger partial charge is 0.504 e. The van der Waals surface area contributed by atoms with E-state index in [-0.39, 0.29) is 48.7 Å². The van der Waals surface area contributed by atoms with Crippen LogP contribution in [-0.2, 0) is 20.9 Å². The molecular formula is C29H29F2N3O6. The molecule has 0 unspecified atom stereocenters. The number of carbonyl (C=O) groups excluding carboxylic acids is 3. The minimum atomic E-state index is -3.09. The van der Waals surface area contributed by atoms with Crippen LogP contribution in [0.25, 0.3) is 0 Å². The summed E-state index contributed by atoms with van der Waals surface area (Å²) in [6.45, 7) is 0.174. The van der Waals surface area contributed by atoms with Gasteiger partial charge in [0.2, 0.25) is 5.91 Å². The lowest BCUT2D eigenvalue weighted by Crippen LogP contribution is -2.40. The first-order valence-electron chi connectivity index (χ1n) is 12.6. The third-order valence-electron chi connectivity index (χ3n) is 6.76.